The van der Waals surface area contributed by atoms with Crippen molar-refractivity contribution in [1.82, 2.24) is 4.98 Å². The van der Waals surface area contributed by atoms with Crippen LogP contribution in [0.2, 0.25) is 0 Å². The molecule has 8 heteroatoms. The molecule has 3 aromatic rings. The molecule has 0 fully saturated rings. The van der Waals surface area contributed by atoms with Crippen LogP contribution in [0, 0.1) is 0 Å². The van der Waals surface area contributed by atoms with Gasteiger partial charge in [0.15, 0.2) is 4.34 Å². The Hall–Kier alpha value is -2.45. The number of hydrogen-bond donors (Lipinski definition) is 1. The van der Waals surface area contributed by atoms with E-state index in [1.807, 2.05) is 25.1 Å². The van der Waals surface area contributed by atoms with Crippen LogP contribution in [0.25, 0.3) is 10.2 Å². The van der Waals surface area contributed by atoms with Gasteiger partial charge in [-0.05, 0) is 37.3 Å². The Balaban J connectivity index is 1.64. The number of benzene rings is 2. The number of methoxy groups -OCH3 is 2. The first-order chi connectivity index (χ1) is 13.1. The number of fused-ring (bicyclic) bond motifs is 1. The zero-order valence-electron chi connectivity index (χ0n) is 15.3. The zero-order chi connectivity index (χ0) is 19.2. The van der Waals surface area contributed by atoms with E-state index in [-0.39, 0.29) is 11.7 Å². The van der Waals surface area contributed by atoms with Crippen molar-refractivity contribution in [3.05, 3.63) is 36.4 Å². The third-order valence-electron chi connectivity index (χ3n) is 3.66. The topological polar surface area (TPSA) is 69.7 Å². The lowest BCUT2D eigenvalue weighted by Crippen LogP contribution is -2.14. The summed E-state index contributed by atoms with van der Waals surface area (Å²) in [6.45, 7) is 2.58. The molecule has 0 atom stereocenters. The molecule has 0 radical (unpaired) electrons. The minimum absolute atomic E-state index is 0.138. The predicted molar refractivity (Wildman–Crippen MR) is 110 cm³/mol. The summed E-state index contributed by atoms with van der Waals surface area (Å²) in [5.74, 6) is 2.17. The number of nitrogens with zero attached hydrogens (tertiary/aromatic N) is 1. The fourth-order valence-corrected chi connectivity index (χ4v) is 4.32. The third kappa shape index (κ3) is 4.84. The summed E-state index contributed by atoms with van der Waals surface area (Å²) in [5, 5.41) is 2.86. The van der Waals surface area contributed by atoms with Gasteiger partial charge in [0.25, 0.3) is 0 Å². The van der Waals surface area contributed by atoms with Crippen molar-refractivity contribution >= 4 is 44.9 Å². The maximum atomic E-state index is 12.3. The minimum atomic E-state index is -0.138. The Kier molecular flexibility index (Phi) is 6.41. The van der Waals surface area contributed by atoms with E-state index in [2.05, 4.69) is 10.3 Å². The van der Waals surface area contributed by atoms with E-state index in [4.69, 9.17) is 14.2 Å². The molecular weight excluding hydrogens is 384 g/mol. The summed E-state index contributed by atoms with van der Waals surface area (Å²) < 4.78 is 17.9. The Morgan fingerprint density at radius 2 is 1.96 bits per heavy atom. The number of carbonyl (C=O) groups excluding carboxylic acids is 1. The SMILES string of the molecule is CCOc1ccc2nc(SCC(=O)Nc3cc(OC)ccc3OC)sc2c1. The Bertz CT molecular complexity index is 943. The highest BCUT2D eigenvalue weighted by atomic mass is 32.2. The van der Waals surface area contributed by atoms with Gasteiger partial charge in [0.2, 0.25) is 5.91 Å². The van der Waals surface area contributed by atoms with Crippen molar-refractivity contribution in [1.29, 1.82) is 0 Å². The van der Waals surface area contributed by atoms with Crippen LogP contribution in [-0.4, -0.2) is 37.5 Å². The average molecular weight is 405 g/mol. The fraction of sp³-hybridized carbons (Fsp3) is 0.263. The number of nitrogens with one attached hydrogen (secondary N) is 1. The van der Waals surface area contributed by atoms with Crippen LogP contribution in [-0.2, 0) is 4.79 Å². The first-order valence-corrected chi connectivity index (χ1v) is 10.1. The molecule has 0 saturated heterocycles. The van der Waals surface area contributed by atoms with Gasteiger partial charge in [-0.3, -0.25) is 4.79 Å². The summed E-state index contributed by atoms with van der Waals surface area (Å²) >= 11 is 2.95. The molecule has 27 heavy (non-hydrogen) atoms. The quantitative estimate of drug-likeness (QED) is 0.560. The lowest BCUT2D eigenvalue weighted by atomic mass is 10.2. The van der Waals surface area contributed by atoms with Gasteiger partial charge in [0, 0.05) is 6.07 Å². The number of thioether (sulfide) groups is 1. The van der Waals surface area contributed by atoms with Gasteiger partial charge in [0.1, 0.15) is 17.2 Å². The van der Waals surface area contributed by atoms with Crippen molar-refractivity contribution < 1.29 is 19.0 Å². The van der Waals surface area contributed by atoms with E-state index < -0.39 is 0 Å². The van der Waals surface area contributed by atoms with E-state index in [1.165, 1.54) is 11.8 Å². The van der Waals surface area contributed by atoms with E-state index in [9.17, 15) is 4.79 Å². The van der Waals surface area contributed by atoms with Gasteiger partial charge < -0.3 is 19.5 Å². The molecule has 0 aliphatic rings. The van der Waals surface area contributed by atoms with Gasteiger partial charge in [-0.25, -0.2) is 4.98 Å². The summed E-state index contributed by atoms with van der Waals surface area (Å²) in [7, 11) is 3.14. The monoisotopic (exact) mass is 404 g/mol. The molecule has 0 aliphatic carbocycles. The largest absolute Gasteiger partial charge is 0.497 e. The number of amides is 1. The van der Waals surface area contributed by atoms with Gasteiger partial charge >= 0.3 is 0 Å². The highest BCUT2D eigenvalue weighted by Crippen LogP contribution is 2.33. The molecule has 1 N–H and O–H groups in total. The van der Waals surface area contributed by atoms with Gasteiger partial charge in [0.05, 0.1) is 42.5 Å². The normalized spacial score (nSPS) is 10.6. The number of thiazole rings is 1. The van der Waals surface area contributed by atoms with Crippen molar-refractivity contribution in [3.8, 4) is 17.2 Å². The van der Waals surface area contributed by atoms with Crippen LogP contribution in [0.1, 0.15) is 6.92 Å². The Morgan fingerprint density at radius 3 is 2.70 bits per heavy atom. The van der Waals surface area contributed by atoms with Crippen molar-refractivity contribution in [2.24, 2.45) is 0 Å². The maximum Gasteiger partial charge on any atom is 0.234 e. The lowest BCUT2D eigenvalue weighted by molar-refractivity contribution is -0.113. The van der Waals surface area contributed by atoms with Gasteiger partial charge in [-0.1, -0.05) is 11.8 Å². The molecule has 6 nitrogen and oxygen atoms in total. The van der Waals surface area contributed by atoms with Crippen molar-refractivity contribution in [2.75, 3.05) is 31.9 Å². The van der Waals surface area contributed by atoms with E-state index in [1.54, 1.807) is 43.8 Å². The molecule has 1 aromatic heterocycles. The molecule has 2 aromatic carbocycles. The predicted octanol–water partition coefficient (Wildman–Crippen LogP) is 4.44. The molecular formula is C19H20N2O4S2. The van der Waals surface area contributed by atoms with Gasteiger partial charge in [-0.2, -0.15) is 0 Å². The summed E-state index contributed by atoms with van der Waals surface area (Å²) in [4.78, 5) is 16.9. The Labute approximate surface area is 165 Å². The van der Waals surface area contributed by atoms with E-state index >= 15 is 0 Å². The second kappa shape index (κ2) is 8.96. The molecule has 142 valence electrons. The van der Waals surface area contributed by atoms with Crippen molar-refractivity contribution in [3.63, 3.8) is 0 Å². The van der Waals surface area contributed by atoms with E-state index in [0.717, 1.165) is 20.3 Å². The van der Waals surface area contributed by atoms with Crippen molar-refractivity contribution in [2.45, 2.75) is 11.3 Å². The summed E-state index contributed by atoms with van der Waals surface area (Å²) in [5.41, 5.74) is 1.48. The van der Waals surface area contributed by atoms with Crippen LogP contribution < -0.4 is 19.5 Å². The highest BCUT2D eigenvalue weighted by Gasteiger charge is 2.12. The third-order valence-corrected chi connectivity index (χ3v) is 5.82. The number of rotatable bonds is 8. The molecule has 0 unspecified atom stereocenters. The highest BCUT2D eigenvalue weighted by molar-refractivity contribution is 8.01. The average Bonchev–Trinajstić information content (AvgIpc) is 3.09. The molecule has 0 saturated carbocycles. The maximum absolute atomic E-state index is 12.3. The second-order valence-corrected chi connectivity index (χ2v) is 7.70. The minimum Gasteiger partial charge on any atom is -0.497 e. The number of hydrogen-bond acceptors (Lipinski definition) is 7. The van der Waals surface area contributed by atoms with Crippen LogP contribution >= 0.6 is 23.1 Å². The van der Waals surface area contributed by atoms with Crippen LogP contribution in [0.15, 0.2) is 40.7 Å². The first kappa shape index (κ1) is 19.3. The number of ether oxygens (including phenoxy) is 3. The number of aromatic nitrogens is 1. The summed E-state index contributed by atoms with van der Waals surface area (Å²) in [6, 6.07) is 11.1. The van der Waals surface area contributed by atoms with Crippen LogP contribution in [0.5, 0.6) is 17.2 Å². The van der Waals surface area contributed by atoms with Crippen LogP contribution in [0.4, 0.5) is 5.69 Å². The fourth-order valence-electron chi connectivity index (χ4n) is 2.43. The molecule has 0 bridgehead atoms. The number of anilines is 1. The standard InChI is InChI=1S/C19H20N2O4S2/c1-4-25-13-5-7-14-17(10-13)27-19(21-14)26-11-18(22)20-15-9-12(23-2)6-8-16(15)24-3/h5-10H,4,11H2,1-3H3,(H,20,22). The molecule has 1 amide bonds. The van der Waals surface area contributed by atoms with Crippen LogP contribution in [0.3, 0.4) is 0 Å². The lowest BCUT2D eigenvalue weighted by Gasteiger charge is -2.11. The smallest absolute Gasteiger partial charge is 0.234 e. The summed E-state index contributed by atoms with van der Waals surface area (Å²) in [6.07, 6.45) is 0. The molecule has 0 spiro atoms. The second-order valence-electron chi connectivity index (χ2n) is 5.45. The number of carbonyl (C=O) groups is 1. The molecule has 1 heterocycles. The first-order valence-electron chi connectivity index (χ1n) is 8.31. The Morgan fingerprint density at radius 1 is 1.15 bits per heavy atom. The molecule has 3 rings (SSSR count). The van der Waals surface area contributed by atoms with E-state index in [0.29, 0.717) is 23.8 Å². The zero-order valence-corrected chi connectivity index (χ0v) is 16.9. The van der Waals surface area contributed by atoms with Gasteiger partial charge in [-0.15, -0.1) is 11.3 Å². The molecule has 0 aliphatic heterocycles.